The summed E-state index contributed by atoms with van der Waals surface area (Å²) in [6, 6.07) is 9.91. The number of alkyl halides is 1. The second-order valence-electron chi connectivity index (χ2n) is 4.39. The Morgan fingerprint density at radius 1 is 1.32 bits per heavy atom. The molecule has 0 spiro atoms. The average molecular weight is 404 g/mol. The number of fused-ring (bicyclic) bond motifs is 1. The minimum atomic E-state index is -0.0238. The molecule has 100 valence electrons. The highest BCUT2D eigenvalue weighted by atomic mass is 79.9. The zero-order valence-corrected chi connectivity index (χ0v) is 14.2. The number of rotatable bonds is 2. The molecule has 1 aliphatic heterocycles. The van der Waals surface area contributed by atoms with Gasteiger partial charge in [-0.1, -0.05) is 28.1 Å². The first-order chi connectivity index (χ1) is 9.15. The lowest BCUT2D eigenvalue weighted by atomic mass is 10.2. The maximum absolute atomic E-state index is 6.03. The van der Waals surface area contributed by atoms with Crippen LogP contribution in [0.2, 0.25) is 0 Å². The third-order valence-corrected chi connectivity index (χ3v) is 6.35. The van der Waals surface area contributed by atoms with Gasteiger partial charge in [0.05, 0.1) is 4.83 Å². The maximum atomic E-state index is 6.03. The topological polar surface area (TPSA) is 18.5 Å². The molecule has 2 nitrogen and oxygen atoms in total. The van der Waals surface area contributed by atoms with Crippen LogP contribution in [0.5, 0.6) is 11.5 Å². The van der Waals surface area contributed by atoms with Crippen molar-refractivity contribution < 1.29 is 9.47 Å². The van der Waals surface area contributed by atoms with E-state index in [1.54, 1.807) is 11.3 Å². The van der Waals surface area contributed by atoms with Crippen LogP contribution in [0.25, 0.3) is 0 Å². The maximum Gasteiger partial charge on any atom is 0.161 e. The number of para-hydroxylation sites is 2. The predicted molar refractivity (Wildman–Crippen MR) is 84.8 cm³/mol. The fourth-order valence-corrected chi connectivity index (χ4v) is 5.06. The van der Waals surface area contributed by atoms with Crippen LogP contribution in [-0.4, -0.2) is 12.7 Å². The van der Waals surface area contributed by atoms with Crippen molar-refractivity contribution in [2.75, 3.05) is 6.61 Å². The molecule has 1 aliphatic rings. The molecule has 0 radical (unpaired) electrons. The third kappa shape index (κ3) is 2.69. The second kappa shape index (κ2) is 5.46. The van der Waals surface area contributed by atoms with Crippen molar-refractivity contribution >= 4 is 43.2 Å². The van der Waals surface area contributed by atoms with Gasteiger partial charge < -0.3 is 9.47 Å². The van der Waals surface area contributed by atoms with Gasteiger partial charge in [-0.25, -0.2) is 0 Å². The number of thiophene rings is 1. The van der Waals surface area contributed by atoms with Gasteiger partial charge in [-0.2, -0.15) is 0 Å². The molecule has 0 bridgehead atoms. The summed E-state index contributed by atoms with van der Waals surface area (Å²) in [6.07, 6.45) is -0.0238. The molecule has 0 saturated heterocycles. The summed E-state index contributed by atoms with van der Waals surface area (Å²) in [4.78, 5) is 2.64. The molecule has 5 heteroatoms. The summed E-state index contributed by atoms with van der Waals surface area (Å²) in [6.45, 7) is 2.66. The van der Waals surface area contributed by atoms with Crippen LogP contribution >= 0.6 is 43.2 Å². The molecule has 0 N–H and O–H groups in total. The van der Waals surface area contributed by atoms with Crippen molar-refractivity contribution in [1.82, 2.24) is 0 Å². The molecular formula is C14H12Br2O2S. The minimum Gasteiger partial charge on any atom is -0.486 e. The van der Waals surface area contributed by atoms with Gasteiger partial charge in [0.25, 0.3) is 0 Å². The normalized spacial score (nSPS) is 19.2. The van der Waals surface area contributed by atoms with Gasteiger partial charge in [0.2, 0.25) is 0 Å². The Hall–Kier alpha value is -0.520. The van der Waals surface area contributed by atoms with Crippen molar-refractivity contribution in [2.45, 2.75) is 17.9 Å². The number of aryl methyl sites for hydroxylation is 1. The first kappa shape index (κ1) is 13.5. The molecule has 0 aliphatic carbocycles. The van der Waals surface area contributed by atoms with E-state index in [2.05, 4.69) is 44.8 Å². The fraction of sp³-hybridized carbons (Fsp3) is 0.286. The first-order valence-electron chi connectivity index (χ1n) is 5.93. The van der Waals surface area contributed by atoms with Gasteiger partial charge >= 0.3 is 0 Å². The Balaban J connectivity index is 1.83. The SMILES string of the molecule is Cc1cc(Br)c(C(Br)C2COc3ccccc3O2)s1. The highest BCUT2D eigenvalue weighted by Gasteiger charge is 2.30. The Morgan fingerprint density at radius 2 is 2.05 bits per heavy atom. The van der Waals surface area contributed by atoms with Crippen LogP contribution < -0.4 is 9.47 Å². The predicted octanol–water partition coefficient (Wildman–Crippen LogP) is 5.10. The van der Waals surface area contributed by atoms with E-state index in [9.17, 15) is 0 Å². The van der Waals surface area contributed by atoms with Gasteiger partial charge in [0.1, 0.15) is 6.61 Å². The number of ether oxygens (including phenoxy) is 2. The van der Waals surface area contributed by atoms with Crippen molar-refractivity contribution in [2.24, 2.45) is 0 Å². The fourth-order valence-electron chi connectivity index (χ4n) is 2.04. The van der Waals surface area contributed by atoms with Crippen LogP contribution in [-0.2, 0) is 0 Å². The monoisotopic (exact) mass is 402 g/mol. The van der Waals surface area contributed by atoms with Crippen LogP contribution in [0.4, 0.5) is 0 Å². The lowest BCUT2D eigenvalue weighted by Gasteiger charge is -2.29. The standard InChI is InChI=1S/C14H12Br2O2S/c1-8-6-9(15)14(19-8)13(16)12-7-17-10-4-2-3-5-11(10)18-12/h2-6,12-13H,7H2,1H3. The molecule has 0 fully saturated rings. The van der Waals surface area contributed by atoms with Gasteiger partial charge in [-0.15, -0.1) is 11.3 Å². The summed E-state index contributed by atoms with van der Waals surface area (Å²) in [5, 5.41) is 0. The first-order valence-corrected chi connectivity index (χ1v) is 8.46. The quantitative estimate of drug-likeness (QED) is 0.649. The van der Waals surface area contributed by atoms with E-state index in [-0.39, 0.29) is 10.9 Å². The smallest absolute Gasteiger partial charge is 0.161 e. The Morgan fingerprint density at radius 3 is 2.74 bits per heavy atom. The lowest BCUT2D eigenvalue weighted by molar-refractivity contribution is 0.0909. The minimum absolute atomic E-state index is 0.0238. The summed E-state index contributed by atoms with van der Waals surface area (Å²) >= 11 is 9.11. The average Bonchev–Trinajstić information content (AvgIpc) is 2.76. The summed E-state index contributed by atoms with van der Waals surface area (Å²) in [7, 11) is 0. The van der Waals surface area contributed by atoms with Gasteiger partial charge in [-0.3, -0.25) is 0 Å². The molecule has 2 atom stereocenters. The largest absolute Gasteiger partial charge is 0.486 e. The van der Waals surface area contributed by atoms with Crippen molar-refractivity contribution in [1.29, 1.82) is 0 Å². The van der Waals surface area contributed by atoms with E-state index in [0.717, 1.165) is 16.0 Å². The van der Waals surface area contributed by atoms with E-state index in [1.165, 1.54) is 9.75 Å². The molecule has 1 aromatic carbocycles. The van der Waals surface area contributed by atoms with Crippen molar-refractivity contribution in [3.8, 4) is 11.5 Å². The van der Waals surface area contributed by atoms with Gasteiger partial charge in [0, 0.05) is 14.2 Å². The summed E-state index contributed by atoms with van der Waals surface area (Å²) in [5.74, 6) is 1.63. The van der Waals surface area contributed by atoms with Crippen molar-refractivity contribution in [3.63, 3.8) is 0 Å². The molecular weight excluding hydrogens is 392 g/mol. The summed E-state index contributed by atoms with van der Waals surface area (Å²) in [5.41, 5.74) is 0. The van der Waals surface area contributed by atoms with E-state index in [0.29, 0.717) is 6.61 Å². The zero-order valence-electron chi connectivity index (χ0n) is 10.2. The van der Waals surface area contributed by atoms with E-state index in [1.807, 2.05) is 24.3 Å². The van der Waals surface area contributed by atoms with Crippen LogP contribution in [0.3, 0.4) is 0 Å². The molecule has 0 amide bonds. The van der Waals surface area contributed by atoms with Crippen LogP contribution in [0.1, 0.15) is 14.6 Å². The summed E-state index contributed by atoms with van der Waals surface area (Å²) < 4.78 is 12.9. The molecule has 1 aromatic heterocycles. The van der Waals surface area contributed by atoms with E-state index >= 15 is 0 Å². The zero-order chi connectivity index (χ0) is 13.4. The highest BCUT2D eigenvalue weighted by Crippen LogP contribution is 2.42. The number of hydrogen-bond donors (Lipinski definition) is 0. The van der Waals surface area contributed by atoms with Crippen LogP contribution in [0.15, 0.2) is 34.8 Å². The molecule has 2 aromatic rings. The Labute approximate surface area is 133 Å². The van der Waals surface area contributed by atoms with E-state index < -0.39 is 0 Å². The Kier molecular flexibility index (Phi) is 3.87. The van der Waals surface area contributed by atoms with Crippen molar-refractivity contribution in [3.05, 3.63) is 44.6 Å². The van der Waals surface area contributed by atoms with Gasteiger partial charge in [0.15, 0.2) is 17.6 Å². The lowest BCUT2D eigenvalue weighted by Crippen LogP contribution is -2.32. The van der Waals surface area contributed by atoms with Crippen LogP contribution in [0, 0.1) is 6.92 Å². The Bertz CT molecular complexity index is 597. The number of halogens is 2. The highest BCUT2D eigenvalue weighted by molar-refractivity contribution is 9.11. The molecule has 3 rings (SSSR count). The molecule has 19 heavy (non-hydrogen) atoms. The molecule has 2 heterocycles. The second-order valence-corrected chi connectivity index (χ2v) is 7.51. The molecule has 0 saturated carbocycles. The third-order valence-electron chi connectivity index (χ3n) is 2.94. The number of hydrogen-bond acceptors (Lipinski definition) is 3. The van der Waals surface area contributed by atoms with E-state index in [4.69, 9.17) is 9.47 Å². The number of benzene rings is 1. The molecule has 2 unspecified atom stereocenters. The van der Waals surface area contributed by atoms with Gasteiger partial charge in [-0.05, 0) is 41.1 Å².